The van der Waals surface area contributed by atoms with Crippen molar-refractivity contribution in [3.63, 3.8) is 0 Å². The molecule has 1 amide bonds. The van der Waals surface area contributed by atoms with E-state index in [1.54, 1.807) is 25.5 Å². The smallest absolute Gasteiger partial charge is 0.253 e. The number of nitrogens with zero attached hydrogens (tertiary/aromatic N) is 1. The van der Waals surface area contributed by atoms with E-state index in [9.17, 15) is 4.79 Å². The molecule has 4 heteroatoms. The van der Waals surface area contributed by atoms with E-state index >= 15 is 0 Å². The van der Waals surface area contributed by atoms with Gasteiger partial charge in [0, 0.05) is 18.8 Å². The molecule has 0 spiro atoms. The van der Waals surface area contributed by atoms with Crippen LogP contribution in [0.15, 0.2) is 18.5 Å². The lowest BCUT2D eigenvalue weighted by Gasteiger charge is -2.39. The third-order valence-electron chi connectivity index (χ3n) is 3.21. The molecule has 2 N–H and O–H groups in total. The third-order valence-corrected chi connectivity index (χ3v) is 3.21. The van der Waals surface area contributed by atoms with E-state index < -0.39 is 0 Å². The Morgan fingerprint density at radius 2 is 2.25 bits per heavy atom. The molecule has 0 saturated heterocycles. The highest BCUT2D eigenvalue weighted by Gasteiger charge is 2.33. The van der Waals surface area contributed by atoms with Crippen LogP contribution in [0.3, 0.4) is 0 Å². The van der Waals surface area contributed by atoms with Crippen molar-refractivity contribution in [2.75, 3.05) is 12.4 Å². The van der Waals surface area contributed by atoms with Crippen LogP contribution in [0.4, 0.5) is 5.69 Å². The van der Waals surface area contributed by atoms with Crippen molar-refractivity contribution in [2.24, 2.45) is 0 Å². The Bertz CT molecular complexity index is 399. The fraction of sp³-hybridized carbons (Fsp3) is 0.500. The molecule has 1 fully saturated rings. The molecule has 2 rings (SSSR count). The quantitative estimate of drug-likeness (QED) is 0.815. The SMILES string of the molecule is CNc1cnccc1C(=O)NC1(C)CCC1. The van der Waals surface area contributed by atoms with E-state index in [0.717, 1.165) is 18.5 Å². The maximum absolute atomic E-state index is 12.1. The van der Waals surface area contributed by atoms with Crippen molar-refractivity contribution in [1.82, 2.24) is 10.3 Å². The average Bonchev–Trinajstić information content (AvgIpc) is 2.26. The Morgan fingerprint density at radius 3 is 2.81 bits per heavy atom. The van der Waals surface area contributed by atoms with Gasteiger partial charge in [0.1, 0.15) is 0 Å². The molecule has 86 valence electrons. The molecule has 1 aliphatic carbocycles. The van der Waals surface area contributed by atoms with Crippen LogP contribution in [-0.4, -0.2) is 23.5 Å². The topological polar surface area (TPSA) is 54.0 Å². The molecular formula is C12H17N3O. The van der Waals surface area contributed by atoms with Gasteiger partial charge in [-0.1, -0.05) is 0 Å². The van der Waals surface area contributed by atoms with Gasteiger partial charge in [0.25, 0.3) is 5.91 Å². The first-order chi connectivity index (χ1) is 7.64. The van der Waals surface area contributed by atoms with Gasteiger partial charge in [-0.2, -0.15) is 0 Å². The zero-order valence-electron chi connectivity index (χ0n) is 9.71. The molecule has 1 aliphatic rings. The highest BCUT2D eigenvalue weighted by atomic mass is 16.1. The van der Waals surface area contributed by atoms with E-state index in [0.29, 0.717) is 5.56 Å². The van der Waals surface area contributed by atoms with Crippen molar-refractivity contribution in [3.8, 4) is 0 Å². The van der Waals surface area contributed by atoms with Crippen molar-refractivity contribution in [1.29, 1.82) is 0 Å². The molecule has 4 nitrogen and oxygen atoms in total. The summed E-state index contributed by atoms with van der Waals surface area (Å²) in [5.74, 6) is -0.0195. The van der Waals surface area contributed by atoms with Crippen molar-refractivity contribution >= 4 is 11.6 Å². The summed E-state index contributed by atoms with van der Waals surface area (Å²) in [5.41, 5.74) is 1.42. The average molecular weight is 219 g/mol. The highest BCUT2D eigenvalue weighted by Crippen LogP contribution is 2.31. The number of rotatable bonds is 3. The number of carbonyl (C=O) groups is 1. The summed E-state index contributed by atoms with van der Waals surface area (Å²) in [6, 6.07) is 1.74. The molecule has 1 aromatic heterocycles. The van der Waals surface area contributed by atoms with Crippen LogP contribution in [-0.2, 0) is 0 Å². The van der Waals surface area contributed by atoms with Crippen LogP contribution in [0.5, 0.6) is 0 Å². The van der Waals surface area contributed by atoms with E-state index in [1.165, 1.54) is 6.42 Å². The Morgan fingerprint density at radius 1 is 1.50 bits per heavy atom. The zero-order chi connectivity index (χ0) is 11.6. The first-order valence-corrected chi connectivity index (χ1v) is 5.59. The van der Waals surface area contributed by atoms with Gasteiger partial charge < -0.3 is 10.6 Å². The lowest BCUT2D eigenvalue weighted by atomic mass is 9.78. The minimum atomic E-state index is -0.0195. The standard InChI is InChI=1S/C12H17N3O/c1-12(5-3-6-12)15-11(16)9-4-7-14-8-10(9)13-2/h4,7-8,13H,3,5-6H2,1-2H3,(H,15,16). The third kappa shape index (κ3) is 2.01. The molecule has 0 radical (unpaired) electrons. The van der Waals surface area contributed by atoms with E-state index in [1.807, 2.05) is 0 Å². The highest BCUT2D eigenvalue weighted by molar-refractivity contribution is 5.99. The van der Waals surface area contributed by atoms with E-state index in [4.69, 9.17) is 0 Å². The minimum Gasteiger partial charge on any atom is -0.386 e. The summed E-state index contributed by atoms with van der Waals surface area (Å²) < 4.78 is 0. The summed E-state index contributed by atoms with van der Waals surface area (Å²) in [5, 5.41) is 6.05. The molecule has 1 saturated carbocycles. The van der Waals surface area contributed by atoms with Crippen LogP contribution >= 0.6 is 0 Å². The van der Waals surface area contributed by atoms with Crippen molar-refractivity contribution in [3.05, 3.63) is 24.0 Å². The summed E-state index contributed by atoms with van der Waals surface area (Å²) in [4.78, 5) is 16.0. The number of nitrogens with one attached hydrogen (secondary N) is 2. The van der Waals surface area contributed by atoms with Crippen molar-refractivity contribution in [2.45, 2.75) is 31.7 Å². The Balaban J connectivity index is 2.14. The van der Waals surface area contributed by atoms with Gasteiger partial charge in [-0.25, -0.2) is 0 Å². The van der Waals surface area contributed by atoms with Crippen LogP contribution in [0.25, 0.3) is 0 Å². The Hall–Kier alpha value is -1.58. The number of aromatic nitrogens is 1. The largest absolute Gasteiger partial charge is 0.386 e. The second-order valence-electron chi connectivity index (χ2n) is 4.54. The fourth-order valence-corrected chi connectivity index (χ4v) is 1.97. The Labute approximate surface area is 95.5 Å². The maximum atomic E-state index is 12.1. The van der Waals surface area contributed by atoms with Gasteiger partial charge in [-0.05, 0) is 32.3 Å². The minimum absolute atomic E-state index is 0.00857. The number of anilines is 1. The molecule has 1 aromatic rings. The molecule has 16 heavy (non-hydrogen) atoms. The second kappa shape index (κ2) is 4.12. The monoisotopic (exact) mass is 219 g/mol. The van der Waals surface area contributed by atoms with Gasteiger partial charge in [-0.15, -0.1) is 0 Å². The van der Waals surface area contributed by atoms with E-state index in [-0.39, 0.29) is 11.4 Å². The lowest BCUT2D eigenvalue weighted by Crippen LogP contribution is -2.51. The van der Waals surface area contributed by atoms with Gasteiger partial charge in [-0.3, -0.25) is 9.78 Å². The number of hydrogen-bond donors (Lipinski definition) is 2. The molecule has 1 heterocycles. The first-order valence-electron chi connectivity index (χ1n) is 5.59. The van der Waals surface area contributed by atoms with Crippen LogP contribution < -0.4 is 10.6 Å². The summed E-state index contributed by atoms with van der Waals surface area (Å²) in [7, 11) is 1.79. The molecule has 0 bridgehead atoms. The Kier molecular flexibility index (Phi) is 2.81. The molecule has 0 atom stereocenters. The lowest BCUT2D eigenvalue weighted by molar-refractivity contribution is 0.0851. The molecule has 0 aliphatic heterocycles. The first kappa shape index (κ1) is 10.9. The van der Waals surface area contributed by atoms with Gasteiger partial charge >= 0.3 is 0 Å². The number of pyridine rings is 1. The molecule has 0 aromatic carbocycles. The normalized spacial score (nSPS) is 17.4. The number of amides is 1. The molecule has 0 unspecified atom stereocenters. The zero-order valence-corrected chi connectivity index (χ0v) is 9.71. The van der Waals surface area contributed by atoms with Gasteiger partial charge in [0.05, 0.1) is 17.4 Å². The van der Waals surface area contributed by atoms with Crippen molar-refractivity contribution < 1.29 is 4.79 Å². The van der Waals surface area contributed by atoms with Gasteiger partial charge in [0.15, 0.2) is 0 Å². The number of carbonyl (C=O) groups excluding carboxylic acids is 1. The second-order valence-corrected chi connectivity index (χ2v) is 4.54. The van der Waals surface area contributed by atoms with Crippen LogP contribution in [0.1, 0.15) is 36.5 Å². The van der Waals surface area contributed by atoms with Crippen LogP contribution in [0, 0.1) is 0 Å². The molecular weight excluding hydrogens is 202 g/mol. The summed E-state index contributed by atoms with van der Waals surface area (Å²) >= 11 is 0. The fourth-order valence-electron chi connectivity index (χ4n) is 1.97. The maximum Gasteiger partial charge on any atom is 0.253 e. The summed E-state index contributed by atoms with van der Waals surface area (Å²) in [6.07, 6.45) is 6.64. The number of hydrogen-bond acceptors (Lipinski definition) is 3. The predicted molar refractivity (Wildman–Crippen MR) is 63.5 cm³/mol. The van der Waals surface area contributed by atoms with E-state index in [2.05, 4.69) is 22.5 Å². The predicted octanol–water partition coefficient (Wildman–Crippen LogP) is 1.80. The summed E-state index contributed by atoms with van der Waals surface area (Å²) in [6.45, 7) is 2.09. The van der Waals surface area contributed by atoms with Crippen LogP contribution in [0.2, 0.25) is 0 Å². The van der Waals surface area contributed by atoms with Gasteiger partial charge in [0.2, 0.25) is 0 Å².